The van der Waals surface area contributed by atoms with Crippen molar-refractivity contribution in [3.63, 3.8) is 0 Å². The molecular weight excluding hydrogens is 193 g/mol. The molecule has 0 spiro atoms. The van der Waals surface area contributed by atoms with E-state index in [1.165, 1.54) is 12.1 Å². The molecule has 14 heavy (non-hydrogen) atoms. The average Bonchev–Trinajstić information content (AvgIpc) is 2.16. The number of benzene rings is 1. The molecule has 0 N–H and O–H groups in total. The predicted molar refractivity (Wildman–Crippen MR) is 46.9 cm³/mol. The Morgan fingerprint density at radius 1 is 1.07 bits per heavy atom. The van der Waals surface area contributed by atoms with E-state index >= 15 is 0 Å². The maximum absolute atomic E-state index is 12.7. The van der Waals surface area contributed by atoms with Gasteiger partial charge in [-0.2, -0.15) is 13.2 Å². The third kappa shape index (κ3) is 1.75. The number of hydrogen-bond donors (Lipinski definition) is 0. The molecule has 0 aliphatic carbocycles. The first-order valence-electron chi connectivity index (χ1n) is 4.09. The second kappa shape index (κ2) is 3.61. The molecule has 0 aliphatic heterocycles. The molecule has 0 saturated heterocycles. The van der Waals surface area contributed by atoms with Gasteiger partial charge in [-0.1, -0.05) is 30.3 Å². The third-order valence-corrected chi connectivity index (χ3v) is 2.27. The molecule has 0 fully saturated rings. The minimum absolute atomic E-state index is 0.106. The van der Waals surface area contributed by atoms with Crippen LogP contribution in [0.15, 0.2) is 30.3 Å². The number of alkyl halides is 3. The van der Waals surface area contributed by atoms with Gasteiger partial charge in [-0.3, -0.25) is 0 Å². The highest BCUT2D eigenvalue weighted by atomic mass is 19.4. The van der Waals surface area contributed by atoms with Gasteiger partial charge in [-0.25, -0.2) is 0 Å². The molecular formula is C10H11F3O. The van der Waals surface area contributed by atoms with Gasteiger partial charge in [0.05, 0.1) is 0 Å². The summed E-state index contributed by atoms with van der Waals surface area (Å²) in [6.45, 7) is 1.02. The minimum Gasteiger partial charge on any atom is -0.364 e. The van der Waals surface area contributed by atoms with Crippen molar-refractivity contribution in [2.75, 3.05) is 7.11 Å². The summed E-state index contributed by atoms with van der Waals surface area (Å²) in [7, 11) is 1.06. The number of ether oxygens (including phenoxy) is 1. The van der Waals surface area contributed by atoms with Crippen LogP contribution in [0.3, 0.4) is 0 Å². The summed E-state index contributed by atoms with van der Waals surface area (Å²) in [6, 6.07) is 7.57. The minimum atomic E-state index is -4.41. The summed E-state index contributed by atoms with van der Waals surface area (Å²) >= 11 is 0. The summed E-state index contributed by atoms with van der Waals surface area (Å²) in [5.41, 5.74) is -2.12. The highest BCUT2D eigenvalue weighted by Gasteiger charge is 2.52. The largest absolute Gasteiger partial charge is 0.421 e. The first-order valence-corrected chi connectivity index (χ1v) is 4.09. The number of methoxy groups -OCH3 is 1. The SMILES string of the molecule is COC(C)(c1ccccc1)C(F)(F)F. The van der Waals surface area contributed by atoms with Gasteiger partial charge in [0, 0.05) is 7.11 Å². The molecule has 1 unspecified atom stereocenters. The van der Waals surface area contributed by atoms with Crippen molar-refractivity contribution in [2.45, 2.75) is 18.7 Å². The lowest BCUT2D eigenvalue weighted by molar-refractivity contribution is -0.269. The van der Waals surface area contributed by atoms with Crippen LogP contribution < -0.4 is 0 Å². The Bertz CT molecular complexity index is 294. The maximum Gasteiger partial charge on any atom is 0.421 e. The molecule has 1 nitrogen and oxygen atoms in total. The first kappa shape index (κ1) is 11.0. The standard InChI is InChI=1S/C10H11F3O/c1-9(14-2,10(11,12)13)8-6-4-3-5-7-8/h3-7H,1-2H3. The second-order valence-corrected chi connectivity index (χ2v) is 3.10. The van der Waals surface area contributed by atoms with Crippen LogP contribution in [0, 0.1) is 0 Å². The molecule has 1 aromatic rings. The quantitative estimate of drug-likeness (QED) is 0.719. The number of halogens is 3. The second-order valence-electron chi connectivity index (χ2n) is 3.10. The summed E-state index contributed by atoms with van der Waals surface area (Å²) < 4.78 is 42.6. The van der Waals surface area contributed by atoms with Crippen LogP contribution >= 0.6 is 0 Å². The Kier molecular flexibility index (Phi) is 2.85. The summed E-state index contributed by atoms with van der Waals surface area (Å²) in [6.07, 6.45) is -4.41. The lowest BCUT2D eigenvalue weighted by atomic mass is 9.95. The monoisotopic (exact) mass is 204 g/mol. The fourth-order valence-electron chi connectivity index (χ4n) is 1.15. The topological polar surface area (TPSA) is 9.23 Å². The van der Waals surface area contributed by atoms with Gasteiger partial charge in [-0.05, 0) is 12.5 Å². The molecule has 0 aromatic heterocycles. The van der Waals surface area contributed by atoms with E-state index in [2.05, 4.69) is 4.74 Å². The van der Waals surface area contributed by atoms with Crippen molar-refractivity contribution in [1.82, 2.24) is 0 Å². The van der Waals surface area contributed by atoms with E-state index < -0.39 is 11.8 Å². The van der Waals surface area contributed by atoms with Crippen LogP contribution in [0.4, 0.5) is 13.2 Å². The van der Waals surface area contributed by atoms with Crippen LogP contribution in [-0.4, -0.2) is 13.3 Å². The molecule has 0 radical (unpaired) electrons. The van der Waals surface area contributed by atoms with Crippen LogP contribution in [0.5, 0.6) is 0 Å². The average molecular weight is 204 g/mol. The van der Waals surface area contributed by atoms with E-state index in [4.69, 9.17) is 0 Å². The number of hydrogen-bond acceptors (Lipinski definition) is 1. The van der Waals surface area contributed by atoms with E-state index in [1.807, 2.05) is 0 Å². The van der Waals surface area contributed by atoms with E-state index in [0.717, 1.165) is 14.0 Å². The molecule has 1 aromatic carbocycles. The summed E-state index contributed by atoms with van der Waals surface area (Å²) in [5, 5.41) is 0. The molecule has 4 heteroatoms. The van der Waals surface area contributed by atoms with Crippen molar-refractivity contribution >= 4 is 0 Å². The summed E-state index contributed by atoms with van der Waals surface area (Å²) in [5.74, 6) is 0. The molecule has 0 heterocycles. The zero-order valence-corrected chi connectivity index (χ0v) is 7.93. The Labute approximate surface area is 80.5 Å². The van der Waals surface area contributed by atoms with Crippen molar-refractivity contribution in [1.29, 1.82) is 0 Å². The zero-order chi connectivity index (χ0) is 10.8. The molecule has 1 atom stereocenters. The van der Waals surface area contributed by atoms with Gasteiger partial charge >= 0.3 is 6.18 Å². The van der Waals surface area contributed by atoms with E-state index in [0.29, 0.717) is 0 Å². The van der Waals surface area contributed by atoms with Crippen molar-refractivity contribution < 1.29 is 17.9 Å². The van der Waals surface area contributed by atoms with Crippen LogP contribution in [0.1, 0.15) is 12.5 Å². The fraction of sp³-hybridized carbons (Fsp3) is 0.400. The Hall–Kier alpha value is -1.03. The van der Waals surface area contributed by atoms with E-state index in [1.54, 1.807) is 18.2 Å². The van der Waals surface area contributed by atoms with Crippen molar-refractivity contribution in [3.8, 4) is 0 Å². The Morgan fingerprint density at radius 2 is 1.57 bits per heavy atom. The Balaban J connectivity index is 3.15. The highest BCUT2D eigenvalue weighted by molar-refractivity contribution is 5.23. The molecule has 0 saturated carbocycles. The molecule has 0 amide bonds. The molecule has 78 valence electrons. The highest BCUT2D eigenvalue weighted by Crippen LogP contribution is 2.41. The third-order valence-electron chi connectivity index (χ3n) is 2.27. The molecule has 0 aliphatic rings. The normalized spacial score (nSPS) is 16.4. The lowest BCUT2D eigenvalue weighted by Crippen LogP contribution is -2.41. The van der Waals surface area contributed by atoms with Crippen LogP contribution in [0.2, 0.25) is 0 Å². The van der Waals surface area contributed by atoms with Crippen molar-refractivity contribution in [2.24, 2.45) is 0 Å². The van der Waals surface area contributed by atoms with Gasteiger partial charge in [0.15, 0.2) is 5.60 Å². The Morgan fingerprint density at radius 3 is 1.93 bits per heavy atom. The molecule has 0 bridgehead atoms. The van der Waals surface area contributed by atoms with Gasteiger partial charge in [-0.15, -0.1) is 0 Å². The molecule has 1 rings (SSSR count). The zero-order valence-electron chi connectivity index (χ0n) is 7.93. The summed E-state index contributed by atoms with van der Waals surface area (Å²) in [4.78, 5) is 0. The van der Waals surface area contributed by atoms with E-state index in [9.17, 15) is 13.2 Å². The van der Waals surface area contributed by atoms with Crippen molar-refractivity contribution in [3.05, 3.63) is 35.9 Å². The fourth-order valence-corrected chi connectivity index (χ4v) is 1.15. The van der Waals surface area contributed by atoms with E-state index in [-0.39, 0.29) is 5.56 Å². The van der Waals surface area contributed by atoms with Gasteiger partial charge < -0.3 is 4.74 Å². The van der Waals surface area contributed by atoms with Crippen LogP contribution in [-0.2, 0) is 10.3 Å². The lowest BCUT2D eigenvalue weighted by Gasteiger charge is -2.30. The van der Waals surface area contributed by atoms with Gasteiger partial charge in [0.2, 0.25) is 0 Å². The smallest absolute Gasteiger partial charge is 0.364 e. The van der Waals surface area contributed by atoms with Gasteiger partial charge in [0.1, 0.15) is 0 Å². The first-order chi connectivity index (χ1) is 6.42. The van der Waals surface area contributed by atoms with Crippen LogP contribution in [0.25, 0.3) is 0 Å². The predicted octanol–water partition coefficient (Wildman–Crippen LogP) is 3.11. The maximum atomic E-state index is 12.7. The van der Waals surface area contributed by atoms with Gasteiger partial charge in [0.25, 0.3) is 0 Å². The number of rotatable bonds is 2.